The number of rotatable bonds is 4. The molecular formula is C28H21FN4O6S2. The second kappa shape index (κ2) is 10.3. The van der Waals surface area contributed by atoms with Crippen LogP contribution in [0.1, 0.15) is 10.4 Å². The molecular weight excluding hydrogens is 571 g/mol. The summed E-state index contributed by atoms with van der Waals surface area (Å²) in [7, 11) is 5.19. The predicted octanol–water partition coefficient (Wildman–Crippen LogP) is 4.15. The molecule has 13 heteroatoms. The summed E-state index contributed by atoms with van der Waals surface area (Å²) in [5, 5.41) is 0. The molecule has 41 heavy (non-hydrogen) atoms. The van der Waals surface area contributed by atoms with Gasteiger partial charge in [-0.05, 0) is 41.5 Å². The van der Waals surface area contributed by atoms with Crippen molar-refractivity contribution in [2.45, 2.75) is 0 Å². The lowest BCUT2D eigenvalue weighted by atomic mass is 10.0. The van der Waals surface area contributed by atoms with Crippen molar-refractivity contribution >= 4 is 70.5 Å². The van der Waals surface area contributed by atoms with Crippen LogP contribution in [0, 0.1) is 5.82 Å². The van der Waals surface area contributed by atoms with Gasteiger partial charge in [0.15, 0.2) is 0 Å². The highest BCUT2D eigenvalue weighted by Gasteiger charge is 2.39. The van der Waals surface area contributed by atoms with Crippen LogP contribution in [0.2, 0.25) is 0 Å². The minimum Gasteiger partial charge on any atom is -0.268 e. The van der Waals surface area contributed by atoms with E-state index in [-0.39, 0.29) is 11.1 Å². The molecule has 2 aromatic heterocycles. The van der Waals surface area contributed by atoms with E-state index in [4.69, 9.17) is 0 Å². The highest BCUT2D eigenvalue weighted by atomic mass is 32.1. The van der Waals surface area contributed by atoms with Crippen LogP contribution in [0.15, 0.2) is 53.6 Å². The van der Waals surface area contributed by atoms with Crippen molar-refractivity contribution < 1.29 is 33.2 Å². The third-order valence-corrected chi connectivity index (χ3v) is 8.99. The Kier molecular flexibility index (Phi) is 7.01. The average molecular weight is 593 g/mol. The van der Waals surface area contributed by atoms with Gasteiger partial charge in [-0.3, -0.25) is 38.8 Å². The van der Waals surface area contributed by atoms with Gasteiger partial charge in [0.05, 0.1) is 4.88 Å². The van der Waals surface area contributed by atoms with E-state index < -0.39 is 41.5 Å². The maximum atomic E-state index is 15.0. The molecule has 2 saturated heterocycles. The van der Waals surface area contributed by atoms with E-state index in [0.29, 0.717) is 30.6 Å². The first-order chi connectivity index (χ1) is 19.4. The third kappa shape index (κ3) is 4.78. The summed E-state index contributed by atoms with van der Waals surface area (Å²) >= 11 is 2.41. The molecule has 2 aliphatic heterocycles. The van der Waals surface area contributed by atoms with Crippen LogP contribution in [0.4, 0.5) is 14.0 Å². The number of carbonyl (C=O) groups excluding carboxylic acids is 6. The smallest absolute Gasteiger partial charge is 0.268 e. The number of hydrogen-bond acceptors (Lipinski definition) is 8. The zero-order valence-corrected chi connectivity index (χ0v) is 23.8. The molecule has 0 bridgehead atoms. The van der Waals surface area contributed by atoms with Crippen LogP contribution in [0.3, 0.4) is 0 Å². The summed E-state index contributed by atoms with van der Waals surface area (Å²) in [6, 6.07) is 10.2. The molecule has 208 valence electrons. The van der Waals surface area contributed by atoms with Gasteiger partial charge in [-0.1, -0.05) is 24.3 Å². The lowest BCUT2D eigenvalue weighted by Crippen LogP contribution is -2.52. The van der Waals surface area contributed by atoms with Gasteiger partial charge >= 0.3 is 12.1 Å². The maximum absolute atomic E-state index is 15.0. The summed E-state index contributed by atoms with van der Waals surface area (Å²) in [6.07, 6.45) is 2.80. The number of benzene rings is 1. The van der Waals surface area contributed by atoms with Crippen molar-refractivity contribution in [3.63, 3.8) is 0 Å². The van der Waals surface area contributed by atoms with Crippen LogP contribution in [-0.4, -0.2) is 83.5 Å². The molecule has 0 aliphatic carbocycles. The van der Waals surface area contributed by atoms with Gasteiger partial charge in [-0.2, -0.15) is 0 Å². The van der Waals surface area contributed by atoms with Crippen molar-refractivity contribution in [3.8, 4) is 20.2 Å². The lowest BCUT2D eigenvalue weighted by molar-refractivity contribution is -0.135. The predicted molar refractivity (Wildman–Crippen MR) is 151 cm³/mol. The second-order valence-corrected chi connectivity index (χ2v) is 11.4. The minimum absolute atomic E-state index is 0.142. The Morgan fingerprint density at radius 1 is 0.610 bits per heavy atom. The number of nitrogens with zero attached hydrogens (tertiary/aromatic N) is 4. The summed E-state index contributed by atoms with van der Waals surface area (Å²) in [6.45, 7) is 0. The Morgan fingerprint density at radius 2 is 1.10 bits per heavy atom. The van der Waals surface area contributed by atoms with Crippen molar-refractivity contribution in [2.24, 2.45) is 0 Å². The van der Waals surface area contributed by atoms with E-state index in [1.165, 1.54) is 69.1 Å². The molecule has 2 fully saturated rings. The zero-order valence-electron chi connectivity index (χ0n) is 22.1. The molecule has 0 saturated carbocycles. The van der Waals surface area contributed by atoms with Gasteiger partial charge in [-0.15, -0.1) is 22.7 Å². The SMILES string of the molecule is CN1C(=O)C(=Cc2ccc(-c3cc(F)c(-c4ccc(C=C5C(=O)N(C)C(=O)N(C)C5=O)s4)s3)cc2)C(=O)N(C)C1=O. The van der Waals surface area contributed by atoms with E-state index in [9.17, 15) is 28.8 Å². The maximum Gasteiger partial charge on any atom is 0.333 e. The normalized spacial score (nSPS) is 16.4. The molecule has 3 aromatic rings. The Bertz CT molecular complexity index is 1680. The number of hydrogen-bond donors (Lipinski definition) is 0. The topological polar surface area (TPSA) is 115 Å². The van der Waals surface area contributed by atoms with Crippen LogP contribution >= 0.6 is 22.7 Å². The quantitative estimate of drug-likeness (QED) is 0.332. The highest BCUT2D eigenvalue weighted by Crippen LogP contribution is 2.41. The number of likely N-dealkylation sites (N-methyl/N-ethyl adjacent to an activating group) is 4. The first-order valence-electron chi connectivity index (χ1n) is 12.0. The van der Waals surface area contributed by atoms with Crippen molar-refractivity contribution in [3.05, 3.63) is 69.9 Å². The van der Waals surface area contributed by atoms with Crippen LogP contribution in [0.5, 0.6) is 0 Å². The van der Waals surface area contributed by atoms with Gasteiger partial charge < -0.3 is 0 Å². The number of barbiturate groups is 2. The van der Waals surface area contributed by atoms with Crippen molar-refractivity contribution in [1.29, 1.82) is 0 Å². The first-order valence-corrected chi connectivity index (χ1v) is 13.7. The van der Waals surface area contributed by atoms with Gasteiger partial charge in [0.1, 0.15) is 17.0 Å². The lowest BCUT2D eigenvalue weighted by Gasteiger charge is -2.28. The van der Waals surface area contributed by atoms with Crippen molar-refractivity contribution in [1.82, 2.24) is 19.6 Å². The van der Waals surface area contributed by atoms with Gasteiger partial charge in [0.2, 0.25) is 0 Å². The number of halogens is 1. The molecule has 4 heterocycles. The molecule has 0 N–H and O–H groups in total. The fourth-order valence-corrected chi connectivity index (χ4v) is 6.34. The molecule has 2 aliphatic rings. The first kappa shape index (κ1) is 27.8. The Hall–Kier alpha value is -4.75. The molecule has 0 radical (unpaired) electrons. The summed E-state index contributed by atoms with van der Waals surface area (Å²) < 4.78 is 15.0. The number of carbonyl (C=O) groups is 6. The molecule has 5 rings (SSSR count). The standard InChI is InChI=1S/C28H21FN4O6S2/c1-30-23(34)17(24(35)31(2)27(30)38)11-14-5-7-15(8-6-14)21-13-19(29)22(41-21)20-10-9-16(40-20)12-18-25(36)32(3)28(39)33(4)26(18)37/h5-13H,1-4H3. The fraction of sp³-hybridized carbons (Fsp3) is 0.143. The van der Waals surface area contributed by atoms with Crippen molar-refractivity contribution in [2.75, 3.05) is 28.2 Å². The summed E-state index contributed by atoms with van der Waals surface area (Å²) in [5.74, 6) is -3.24. The average Bonchev–Trinajstić information content (AvgIpc) is 3.60. The van der Waals surface area contributed by atoms with Gasteiger partial charge in [-0.25, -0.2) is 14.0 Å². The molecule has 1 aromatic carbocycles. The molecule has 0 atom stereocenters. The molecule has 10 nitrogen and oxygen atoms in total. The van der Waals surface area contributed by atoms with E-state index in [0.717, 1.165) is 19.6 Å². The molecule has 8 amide bonds. The fourth-order valence-electron chi connectivity index (χ4n) is 4.23. The number of thiophene rings is 2. The van der Waals surface area contributed by atoms with Gasteiger partial charge in [0, 0.05) is 42.8 Å². The monoisotopic (exact) mass is 592 g/mol. The second-order valence-electron chi connectivity index (χ2n) is 9.25. The summed E-state index contributed by atoms with van der Waals surface area (Å²) in [5.41, 5.74) is 0.962. The van der Waals surface area contributed by atoms with E-state index in [1.807, 2.05) is 0 Å². The zero-order chi connectivity index (χ0) is 29.7. The molecule has 0 spiro atoms. The van der Waals surface area contributed by atoms with Gasteiger partial charge in [0.25, 0.3) is 23.6 Å². The largest absolute Gasteiger partial charge is 0.333 e. The number of urea groups is 2. The van der Waals surface area contributed by atoms with Crippen LogP contribution < -0.4 is 0 Å². The molecule has 0 unspecified atom stereocenters. The highest BCUT2D eigenvalue weighted by molar-refractivity contribution is 7.24. The van der Waals surface area contributed by atoms with Crippen LogP contribution in [-0.2, 0) is 19.2 Å². The van der Waals surface area contributed by atoms with E-state index in [2.05, 4.69) is 0 Å². The van der Waals surface area contributed by atoms with E-state index in [1.54, 1.807) is 36.4 Å². The summed E-state index contributed by atoms with van der Waals surface area (Å²) in [4.78, 5) is 79.3. The Balaban J connectivity index is 1.38. The Labute approximate surface area is 241 Å². The Morgan fingerprint density at radius 3 is 1.61 bits per heavy atom. The van der Waals surface area contributed by atoms with Crippen LogP contribution in [0.25, 0.3) is 32.3 Å². The van der Waals surface area contributed by atoms with E-state index >= 15 is 4.39 Å². The number of imide groups is 4. The number of amides is 8. The minimum atomic E-state index is -0.713. The third-order valence-electron chi connectivity index (χ3n) is 6.62.